The molecule has 1 N–H and O–H groups in total. The molecule has 1 heterocycles. The number of nitrogens with one attached hydrogen (secondary N) is 1. The summed E-state index contributed by atoms with van der Waals surface area (Å²) in [5.41, 5.74) is 2.12. The molecule has 1 aliphatic rings. The molecule has 2 atom stereocenters. The minimum atomic E-state index is -4.29. The lowest BCUT2D eigenvalue weighted by Gasteiger charge is -2.23. The van der Waals surface area contributed by atoms with E-state index in [1.54, 1.807) is 0 Å². The molecule has 2 unspecified atom stereocenters. The van der Waals surface area contributed by atoms with Gasteiger partial charge in [-0.15, -0.1) is 0 Å². The zero-order valence-corrected chi connectivity index (χ0v) is 10.1. The van der Waals surface area contributed by atoms with Gasteiger partial charge >= 0.3 is 6.18 Å². The molecular weight excluding hydrogens is 243 g/mol. The van der Waals surface area contributed by atoms with Crippen LogP contribution in [-0.2, 0) is 11.2 Å². The Bertz CT molecular complexity index is 378. The van der Waals surface area contributed by atoms with Crippen LogP contribution in [0.2, 0.25) is 0 Å². The van der Waals surface area contributed by atoms with Gasteiger partial charge in [0.05, 0.1) is 6.10 Å². The molecule has 0 aliphatic carbocycles. The van der Waals surface area contributed by atoms with Crippen LogP contribution in [0.5, 0.6) is 0 Å². The van der Waals surface area contributed by atoms with Crippen molar-refractivity contribution < 1.29 is 17.9 Å². The van der Waals surface area contributed by atoms with Gasteiger partial charge in [0.2, 0.25) is 0 Å². The van der Waals surface area contributed by atoms with Crippen LogP contribution in [0, 0.1) is 0 Å². The molecule has 2 nitrogen and oxygen atoms in total. The molecule has 0 radical (unpaired) electrons. The van der Waals surface area contributed by atoms with Crippen LogP contribution < -0.4 is 5.32 Å². The Morgan fingerprint density at radius 3 is 2.78 bits per heavy atom. The van der Waals surface area contributed by atoms with Crippen LogP contribution >= 0.6 is 0 Å². The van der Waals surface area contributed by atoms with E-state index in [4.69, 9.17) is 4.74 Å². The second-order valence-electron chi connectivity index (χ2n) is 4.52. The molecule has 0 aromatic heterocycles. The fourth-order valence-electron chi connectivity index (χ4n) is 2.04. The van der Waals surface area contributed by atoms with Crippen molar-refractivity contribution in [2.45, 2.75) is 38.1 Å². The summed E-state index contributed by atoms with van der Waals surface area (Å²) in [5.74, 6) is 0. The monoisotopic (exact) mass is 259 g/mol. The third-order valence-electron chi connectivity index (χ3n) is 3.13. The van der Waals surface area contributed by atoms with Crippen LogP contribution in [0.15, 0.2) is 24.3 Å². The lowest BCUT2D eigenvalue weighted by Crippen LogP contribution is -2.35. The van der Waals surface area contributed by atoms with E-state index in [1.165, 1.54) is 0 Å². The largest absolute Gasteiger partial charge is 0.414 e. The molecule has 0 saturated carbocycles. The molecular formula is C13H16F3NO. The summed E-state index contributed by atoms with van der Waals surface area (Å²) < 4.78 is 42.3. The first-order chi connectivity index (χ1) is 8.47. The molecule has 2 rings (SSSR count). The van der Waals surface area contributed by atoms with E-state index in [1.807, 2.05) is 24.3 Å². The van der Waals surface area contributed by atoms with Gasteiger partial charge in [0, 0.05) is 12.2 Å². The topological polar surface area (TPSA) is 21.3 Å². The quantitative estimate of drug-likeness (QED) is 0.879. The summed E-state index contributed by atoms with van der Waals surface area (Å²) in [7, 11) is 0. The number of para-hydroxylation sites is 1. The van der Waals surface area contributed by atoms with E-state index in [2.05, 4.69) is 5.32 Å². The Kier molecular flexibility index (Phi) is 3.80. The minimum absolute atomic E-state index is 0.408. The first kappa shape index (κ1) is 13.2. The lowest BCUT2D eigenvalue weighted by atomic mass is 10.1. The maximum absolute atomic E-state index is 12.4. The number of benzene rings is 1. The number of halogens is 3. The van der Waals surface area contributed by atoms with Crippen LogP contribution in [0.3, 0.4) is 0 Å². The van der Waals surface area contributed by atoms with Crippen LogP contribution in [-0.4, -0.2) is 24.9 Å². The van der Waals surface area contributed by atoms with E-state index < -0.39 is 18.4 Å². The maximum Gasteiger partial charge on any atom is 0.414 e. The molecule has 1 aromatic rings. The first-order valence-electron chi connectivity index (χ1n) is 6.01. The number of aryl methyl sites for hydroxylation is 1. The van der Waals surface area contributed by atoms with Gasteiger partial charge in [0.25, 0.3) is 0 Å². The third kappa shape index (κ3) is 3.16. The Hall–Kier alpha value is -1.23. The zero-order chi connectivity index (χ0) is 13.2. The number of hydrogen-bond acceptors (Lipinski definition) is 2. The highest BCUT2D eigenvalue weighted by atomic mass is 19.4. The van der Waals surface area contributed by atoms with E-state index in [9.17, 15) is 13.2 Å². The SMILES string of the molecule is CC(OC1CCc2ccccc2NC1)C(F)(F)F. The number of fused-ring (bicyclic) bond motifs is 1. The Balaban J connectivity index is 1.96. The van der Waals surface area contributed by atoms with Gasteiger partial charge in [-0.3, -0.25) is 0 Å². The fourth-order valence-corrected chi connectivity index (χ4v) is 2.04. The van der Waals surface area contributed by atoms with Crippen molar-refractivity contribution in [1.29, 1.82) is 0 Å². The van der Waals surface area contributed by atoms with Crippen molar-refractivity contribution in [3.05, 3.63) is 29.8 Å². The van der Waals surface area contributed by atoms with Crippen LogP contribution in [0.4, 0.5) is 18.9 Å². The van der Waals surface area contributed by atoms with Gasteiger partial charge in [0.15, 0.2) is 6.10 Å². The van der Waals surface area contributed by atoms with E-state index in [0.717, 1.165) is 24.6 Å². The highest BCUT2D eigenvalue weighted by Gasteiger charge is 2.38. The molecule has 0 spiro atoms. The maximum atomic E-state index is 12.4. The third-order valence-corrected chi connectivity index (χ3v) is 3.13. The summed E-state index contributed by atoms with van der Waals surface area (Å²) >= 11 is 0. The van der Waals surface area contributed by atoms with Crippen LogP contribution in [0.1, 0.15) is 18.9 Å². The molecule has 1 aromatic carbocycles. The Labute approximate surface area is 104 Å². The Morgan fingerprint density at radius 1 is 1.33 bits per heavy atom. The van der Waals surface area contributed by atoms with Crippen molar-refractivity contribution in [2.75, 3.05) is 11.9 Å². The van der Waals surface area contributed by atoms with E-state index in [0.29, 0.717) is 13.0 Å². The average Bonchev–Trinajstić information content (AvgIpc) is 2.51. The van der Waals surface area contributed by atoms with Crippen molar-refractivity contribution >= 4 is 5.69 Å². The van der Waals surface area contributed by atoms with E-state index in [-0.39, 0.29) is 0 Å². The smallest absolute Gasteiger partial charge is 0.382 e. The van der Waals surface area contributed by atoms with Gasteiger partial charge in [-0.05, 0) is 31.4 Å². The minimum Gasteiger partial charge on any atom is -0.382 e. The summed E-state index contributed by atoms with van der Waals surface area (Å²) in [5, 5.41) is 3.14. The van der Waals surface area contributed by atoms with Crippen LogP contribution in [0.25, 0.3) is 0 Å². The summed E-state index contributed by atoms with van der Waals surface area (Å²) in [6.45, 7) is 1.47. The second-order valence-corrected chi connectivity index (χ2v) is 4.52. The normalized spacial score (nSPS) is 21.7. The first-order valence-corrected chi connectivity index (χ1v) is 6.01. The highest BCUT2D eigenvalue weighted by molar-refractivity contribution is 5.52. The highest BCUT2D eigenvalue weighted by Crippen LogP contribution is 2.27. The number of ether oxygens (including phenoxy) is 1. The summed E-state index contributed by atoms with van der Waals surface area (Å²) in [6.07, 6.45) is -5.08. The van der Waals surface area contributed by atoms with Gasteiger partial charge in [-0.1, -0.05) is 18.2 Å². The number of anilines is 1. The predicted molar refractivity (Wildman–Crippen MR) is 63.6 cm³/mol. The number of rotatable bonds is 2. The molecule has 1 aliphatic heterocycles. The van der Waals surface area contributed by atoms with Gasteiger partial charge < -0.3 is 10.1 Å². The number of alkyl halides is 3. The molecule has 0 bridgehead atoms. The Morgan fingerprint density at radius 2 is 2.06 bits per heavy atom. The zero-order valence-electron chi connectivity index (χ0n) is 10.1. The standard InChI is InChI=1S/C13H16F3NO/c1-9(13(14,15)16)18-11-7-6-10-4-2-3-5-12(10)17-8-11/h2-5,9,11,17H,6-8H2,1H3. The average molecular weight is 259 g/mol. The van der Waals surface area contributed by atoms with Crippen molar-refractivity contribution in [3.63, 3.8) is 0 Å². The molecule has 0 saturated heterocycles. The number of hydrogen-bond donors (Lipinski definition) is 1. The van der Waals surface area contributed by atoms with E-state index >= 15 is 0 Å². The summed E-state index contributed by atoms with van der Waals surface area (Å²) in [4.78, 5) is 0. The van der Waals surface area contributed by atoms with Crippen molar-refractivity contribution in [3.8, 4) is 0 Å². The second kappa shape index (κ2) is 5.18. The fraction of sp³-hybridized carbons (Fsp3) is 0.538. The van der Waals surface area contributed by atoms with Crippen molar-refractivity contribution in [1.82, 2.24) is 0 Å². The van der Waals surface area contributed by atoms with Gasteiger partial charge in [-0.25, -0.2) is 0 Å². The van der Waals surface area contributed by atoms with Gasteiger partial charge in [0.1, 0.15) is 0 Å². The molecule has 100 valence electrons. The molecule has 18 heavy (non-hydrogen) atoms. The molecule has 5 heteroatoms. The molecule has 0 amide bonds. The lowest BCUT2D eigenvalue weighted by molar-refractivity contribution is -0.225. The van der Waals surface area contributed by atoms with Crippen molar-refractivity contribution in [2.24, 2.45) is 0 Å². The molecule has 0 fully saturated rings. The summed E-state index contributed by atoms with van der Waals surface area (Å²) in [6, 6.07) is 7.76. The van der Waals surface area contributed by atoms with Gasteiger partial charge in [-0.2, -0.15) is 13.2 Å². The predicted octanol–water partition coefficient (Wildman–Crippen LogP) is 3.38.